The summed E-state index contributed by atoms with van der Waals surface area (Å²) in [5.74, 6) is 2.45. The number of allylic oxidation sites excluding steroid dienone is 1. The Labute approximate surface area is 187 Å². The quantitative estimate of drug-likeness (QED) is 0.289. The molecule has 6 heteroatoms. The Kier molecular flexibility index (Phi) is 6.86. The largest absolute Gasteiger partial charge is 0.462 e. The van der Waals surface area contributed by atoms with Gasteiger partial charge in [-0.05, 0) is 62.5 Å². The van der Waals surface area contributed by atoms with Gasteiger partial charge in [-0.1, -0.05) is 19.4 Å². The summed E-state index contributed by atoms with van der Waals surface area (Å²) < 4.78 is 11.4. The summed E-state index contributed by atoms with van der Waals surface area (Å²) in [4.78, 5) is 21.5. The van der Waals surface area contributed by atoms with Gasteiger partial charge in [-0.15, -0.1) is 17.9 Å². The molecule has 0 N–H and O–H groups in total. The number of ether oxygens (including phenoxy) is 1. The summed E-state index contributed by atoms with van der Waals surface area (Å²) >= 11 is 1.51. The molecule has 0 radical (unpaired) electrons. The van der Waals surface area contributed by atoms with Gasteiger partial charge < -0.3 is 9.15 Å². The average molecular weight is 439 g/mol. The summed E-state index contributed by atoms with van der Waals surface area (Å²) in [5, 5.41) is 2.73. The van der Waals surface area contributed by atoms with Crippen LogP contribution in [0, 0.1) is 17.8 Å². The Balaban J connectivity index is 1.59. The number of esters is 1. The number of carbonyl (C=O) groups excluding carboxylic acids is 1. The fourth-order valence-electron chi connectivity index (χ4n) is 4.74. The molecule has 164 valence electrons. The van der Waals surface area contributed by atoms with Crippen LogP contribution in [0.25, 0.3) is 21.7 Å². The van der Waals surface area contributed by atoms with Crippen LogP contribution in [0.15, 0.2) is 40.8 Å². The molecule has 3 aromatic rings. The lowest BCUT2D eigenvalue weighted by molar-refractivity contribution is 0.0526. The second-order valence-electron chi connectivity index (χ2n) is 8.42. The lowest BCUT2D eigenvalue weighted by Gasteiger charge is -2.33. The first-order chi connectivity index (χ1) is 15.1. The smallest absolute Gasteiger partial charge is 0.338 e. The third-order valence-corrected chi connectivity index (χ3v) is 7.13. The van der Waals surface area contributed by atoms with E-state index in [0.717, 1.165) is 35.2 Å². The Morgan fingerprint density at radius 2 is 2.13 bits per heavy atom. The molecule has 0 bridgehead atoms. The second kappa shape index (κ2) is 9.77. The Morgan fingerprint density at radius 1 is 1.29 bits per heavy atom. The maximum Gasteiger partial charge on any atom is 0.338 e. The molecule has 1 aromatic carbocycles. The first-order valence-corrected chi connectivity index (χ1v) is 12.1. The number of aryl methyl sites for hydroxylation is 1. The van der Waals surface area contributed by atoms with Crippen molar-refractivity contribution >= 4 is 28.4 Å². The highest BCUT2D eigenvalue weighted by Gasteiger charge is 2.27. The predicted octanol–water partition coefficient (Wildman–Crippen LogP) is 6.69. The summed E-state index contributed by atoms with van der Waals surface area (Å²) in [7, 11) is 0. The SMILES string of the molecule is C=CC1CC(CC)CC(CCc2nc3cc(C(=O)OCC)cc(-c4nccs4)c3o2)C1. The third kappa shape index (κ3) is 4.90. The van der Waals surface area contributed by atoms with E-state index in [4.69, 9.17) is 14.1 Å². The van der Waals surface area contributed by atoms with E-state index in [1.54, 1.807) is 25.3 Å². The van der Waals surface area contributed by atoms with Crippen LogP contribution in [0.2, 0.25) is 0 Å². The van der Waals surface area contributed by atoms with Gasteiger partial charge in [0, 0.05) is 18.0 Å². The maximum absolute atomic E-state index is 12.4. The molecular weight excluding hydrogens is 408 g/mol. The molecule has 3 unspecified atom stereocenters. The first kappa shape index (κ1) is 21.8. The minimum Gasteiger partial charge on any atom is -0.462 e. The lowest BCUT2D eigenvalue weighted by Crippen LogP contribution is -2.22. The van der Waals surface area contributed by atoms with Crippen LogP contribution in [-0.2, 0) is 11.2 Å². The van der Waals surface area contributed by atoms with Crippen LogP contribution in [0.3, 0.4) is 0 Å². The standard InChI is InChI=1S/C25H30N2O3S/c1-4-16-11-17(5-2)13-18(12-16)7-8-22-27-21-15-19(25(28)29-6-3)14-20(23(21)30-22)24-26-9-10-31-24/h4,9-10,14-18H,1,5-8,11-13H2,2-3H3. The van der Waals surface area contributed by atoms with E-state index in [1.165, 1.54) is 37.0 Å². The maximum atomic E-state index is 12.4. The van der Waals surface area contributed by atoms with E-state index in [1.807, 2.05) is 5.38 Å². The molecule has 2 heterocycles. The number of aromatic nitrogens is 2. The summed E-state index contributed by atoms with van der Waals surface area (Å²) in [6.07, 6.45) is 10.7. The third-order valence-electron chi connectivity index (χ3n) is 6.32. The van der Waals surface area contributed by atoms with Crippen molar-refractivity contribution in [3.05, 3.63) is 47.8 Å². The molecule has 4 rings (SSSR count). The van der Waals surface area contributed by atoms with Gasteiger partial charge in [-0.2, -0.15) is 0 Å². The van der Waals surface area contributed by atoms with Gasteiger partial charge in [0.2, 0.25) is 0 Å². The first-order valence-electron chi connectivity index (χ1n) is 11.2. The molecule has 2 aromatic heterocycles. The van der Waals surface area contributed by atoms with Crippen LogP contribution in [0.5, 0.6) is 0 Å². The van der Waals surface area contributed by atoms with E-state index >= 15 is 0 Å². The highest BCUT2D eigenvalue weighted by molar-refractivity contribution is 7.13. The Morgan fingerprint density at radius 3 is 2.84 bits per heavy atom. The van der Waals surface area contributed by atoms with Gasteiger partial charge in [-0.3, -0.25) is 0 Å². The van der Waals surface area contributed by atoms with E-state index in [9.17, 15) is 4.79 Å². The number of hydrogen-bond donors (Lipinski definition) is 0. The molecule has 31 heavy (non-hydrogen) atoms. The van der Waals surface area contributed by atoms with Crippen LogP contribution in [0.4, 0.5) is 0 Å². The van der Waals surface area contributed by atoms with Crippen LogP contribution in [-0.4, -0.2) is 22.5 Å². The van der Waals surface area contributed by atoms with Gasteiger partial charge in [-0.25, -0.2) is 14.8 Å². The van der Waals surface area contributed by atoms with Crippen molar-refractivity contribution in [2.75, 3.05) is 6.61 Å². The zero-order chi connectivity index (χ0) is 21.8. The van der Waals surface area contributed by atoms with E-state index in [2.05, 4.69) is 24.6 Å². The highest BCUT2D eigenvalue weighted by Crippen LogP contribution is 2.38. The minimum atomic E-state index is -0.352. The van der Waals surface area contributed by atoms with Crippen molar-refractivity contribution in [1.82, 2.24) is 9.97 Å². The number of fused-ring (bicyclic) bond motifs is 1. The number of benzene rings is 1. The summed E-state index contributed by atoms with van der Waals surface area (Å²) in [6.45, 7) is 8.45. The number of oxazole rings is 1. The lowest BCUT2D eigenvalue weighted by atomic mass is 9.73. The summed E-state index contributed by atoms with van der Waals surface area (Å²) in [6, 6.07) is 3.56. The van der Waals surface area contributed by atoms with Gasteiger partial charge in [0.15, 0.2) is 11.5 Å². The van der Waals surface area contributed by atoms with E-state index < -0.39 is 0 Å². The fraction of sp³-hybridized carbons (Fsp3) is 0.480. The Bertz CT molecular complexity index is 1040. The van der Waals surface area contributed by atoms with Gasteiger partial charge in [0.05, 0.1) is 17.7 Å². The van der Waals surface area contributed by atoms with E-state index in [0.29, 0.717) is 35.1 Å². The highest BCUT2D eigenvalue weighted by atomic mass is 32.1. The number of rotatable bonds is 8. The normalized spacial score (nSPS) is 21.3. The average Bonchev–Trinajstić information content (AvgIpc) is 3.46. The van der Waals surface area contributed by atoms with Crippen molar-refractivity contribution < 1.29 is 13.9 Å². The second-order valence-corrected chi connectivity index (χ2v) is 9.31. The van der Waals surface area contributed by atoms with Crippen LogP contribution < -0.4 is 0 Å². The molecule has 5 nitrogen and oxygen atoms in total. The molecule has 0 saturated heterocycles. The molecule has 0 amide bonds. The van der Waals surface area contributed by atoms with Crippen molar-refractivity contribution in [1.29, 1.82) is 0 Å². The minimum absolute atomic E-state index is 0.333. The molecule has 0 aliphatic heterocycles. The van der Waals surface area contributed by atoms with Gasteiger partial charge in [0.1, 0.15) is 10.5 Å². The van der Waals surface area contributed by atoms with Crippen molar-refractivity contribution in [3.8, 4) is 10.6 Å². The predicted molar refractivity (Wildman–Crippen MR) is 124 cm³/mol. The molecule has 1 fully saturated rings. The molecule has 1 aliphatic rings. The number of hydrogen-bond acceptors (Lipinski definition) is 6. The monoisotopic (exact) mass is 438 g/mol. The molecule has 1 saturated carbocycles. The number of nitrogens with zero attached hydrogens (tertiary/aromatic N) is 2. The van der Waals surface area contributed by atoms with Crippen LogP contribution in [0.1, 0.15) is 62.2 Å². The zero-order valence-corrected chi connectivity index (χ0v) is 19.1. The zero-order valence-electron chi connectivity index (χ0n) is 18.3. The molecular formula is C25H30N2O3S. The van der Waals surface area contributed by atoms with Crippen molar-refractivity contribution in [2.24, 2.45) is 17.8 Å². The fourth-order valence-corrected chi connectivity index (χ4v) is 5.39. The molecule has 1 aliphatic carbocycles. The van der Waals surface area contributed by atoms with Crippen molar-refractivity contribution in [3.63, 3.8) is 0 Å². The summed E-state index contributed by atoms with van der Waals surface area (Å²) in [5.41, 5.74) is 2.65. The van der Waals surface area contributed by atoms with Gasteiger partial charge >= 0.3 is 5.97 Å². The van der Waals surface area contributed by atoms with E-state index in [-0.39, 0.29) is 5.97 Å². The Hall–Kier alpha value is -2.47. The molecule has 3 atom stereocenters. The topological polar surface area (TPSA) is 65.2 Å². The van der Waals surface area contributed by atoms with Crippen molar-refractivity contribution in [2.45, 2.75) is 52.4 Å². The number of thiazole rings is 1. The van der Waals surface area contributed by atoms with Gasteiger partial charge in [0.25, 0.3) is 0 Å². The number of carbonyl (C=O) groups is 1. The molecule has 0 spiro atoms. The van der Waals surface area contributed by atoms with Crippen LogP contribution >= 0.6 is 11.3 Å².